The molecule has 0 heterocycles. The maximum atomic E-state index is 11.6. The number of rotatable bonds is 4. The van der Waals surface area contributed by atoms with E-state index in [4.69, 9.17) is 9.05 Å². The van der Waals surface area contributed by atoms with Crippen LogP contribution in [0.15, 0.2) is 30.1 Å². The van der Waals surface area contributed by atoms with Gasteiger partial charge in [0.15, 0.2) is 0 Å². The van der Waals surface area contributed by atoms with Gasteiger partial charge in [-0.2, -0.15) is 0 Å². The zero-order valence-electron chi connectivity index (χ0n) is 8.84. The summed E-state index contributed by atoms with van der Waals surface area (Å²) >= 11 is 0. The normalized spacial score (nSPS) is 12.2. The monoisotopic (exact) mass is 225 g/mol. The van der Waals surface area contributed by atoms with Crippen LogP contribution < -0.4 is 0 Å². The van der Waals surface area contributed by atoms with Crippen molar-refractivity contribution in [3.63, 3.8) is 0 Å². The van der Waals surface area contributed by atoms with Crippen molar-refractivity contribution in [3.05, 3.63) is 48.1 Å². The molecular weight excluding hydrogens is 211 g/mol. The third kappa shape index (κ3) is 3.63. The van der Waals surface area contributed by atoms with Gasteiger partial charge in [0.1, 0.15) is 0 Å². The Morgan fingerprint density at radius 3 is 2.20 bits per heavy atom. The summed E-state index contributed by atoms with van der Waals surface area (Å²) in [4.78, 5) is 0. The van der Waals surface area contributed by atoms with E-state index in [1.807, 2.05) is 24.3 Å². The van der Waals surface area contributed by atoms with Gasteiger partial charge in [-0.3, -0.25) is 4.57 Å². The van der Waals surface area contributed by atoms with Crippen LogP contribution in [0.1, 0.15) is 11.1 Å². The lowest BCUT2D eigenvalue weighted by Crippen LogP contribution is -1.83. The van der Waals surface area contributed by atoms with Gasteiger partial charge in [0.05, 0.1) is 0 Å². The summed E-state index contributed by atoms with van der Waals surface area (Å²) in [6.07, 6.45) is 1.70. The molecule has 3 nitrogen and oxygen atoms in total. The molecule has 0 N–H and O–H groups in total. The first-order valence-electron chi connectivity index (χ1n) is 4.42. The van der Waals surface area contributed by atoms with Crippen LogP contribution >= 0.6 is 7.60 Å². The van der Waals surface area contributed by atoms with Crippen molar-refractivity contribution in [2.45, 2.75) is 0 Å². The Morgan fingerprint density at radius 2 is 1.73 bits per heavy atom. The fourth-order valence-corrected chi connectivity index (χ4v) is 1.75. The molecule has 0 spiro atoms. The first-order valence-corrected chi connectivity index (χ1v) is 6.03. The lowest BCUT2D eigenvalue weighted by molar-refractivity contribution is 0.286. The molecule has 81 valence electrons. The van der Waals surface area contributed by atoms with Gasteiger partial charge in [0.2, 0.25) is 0 Å². The fourth-order valence-electron chi connectivity index (χ4n) is 1.00. The molecule has 0 aliphatic carbocycles. The summed E-state index contributed by atoms with van der Waals surface area (Å²) in [6.45, 7) is 3.77. The Labute approximate surface area is 90.3 Å². The fraction of sp³-hybridized carbons (Fsp3) is 0.182. The summed E-state index contributed by atoms with van der Waals surface area (Å²) in [7, 11) is -0.345. The Kier molecular flexibility index (Phi) is 4.28. The molecule has 0 bridgehead atoms. The minimum atomic E-state index is -3.05. The minimum absolute atomic E-state index is 0.928. The molecule has 4 heteroatoms. The summed E-state index contributed by atoms with van der Waals surface area (Å²) in [5, 5.41) is 0. The Morgan fingerprint density at radius 1 is 1.20 bits per heavy atom. The first-order chi connectivity index (χ1) is 7.09. The van der Waals surface area contributed by atoms with Crippen LogP contribution in [0.4, 0.5) is 0 Å². The summed E-state index contributed by atoms with van der Waals surface area (Å²) in [6, 6.07) is 7.53. The average molecular weight is 225 g/mol. The first kappa shape index (κ1) is 12.2. The molecule has 15 heavy (non-hydrogen) atoms. The van der Waals surface area contributed by atoms with E-state index in [1.54, 1.807) is 6.08 Å². The molecule has 1 rings (SSSR count). The van der Waals surface area contributed by atoms with Crippen molar-refractivity contribution < 1.29 is 13.6 Å². The molecule has 0 saturated heterocycles. The van der Waals surface area contributed by atoms with Crippen LogP contribution in [0.2, 0.25) is 0 Å². The van der Waals surface area contributed by atoms with Crippen LogP contribution in [0.25, 0.3) is 6.08 Å². The van der Waals surface area contributed by atoms with E-state index in [-0.39, 0.29) is 0 Å². The Hall–Kier alpha value is -0.890. The van der Waals surface area contributed by atoms with Gasteiger partial charge < -0.3 is 9.05 Å². The molecule has 0 atom stereocenters. The number of hydrogen-bond acceptors (Lipinski definition) is 3. The predicted molar refractivity (Wildman–Crippen MR) is 61.6 cm³/mol. The van der Waals surface area contributed by atoms with Crippen LogP contribution in [0.5, 0.6) is 0 Å². The van der Waals surface area contributed by atoms with Crippen molar-refractivity contribution in [1.82, 2.24) is 0 Å². The molecule has 0 saturated carbocycles. The van der Waals surface area contributed by atoms with E-state index < -0.39 is 7.60 Å². The van der Waals surface area contributed by atoms with Gasteiger partial charge >= 0.3 is 7.60 Å². The number of hydrogen-bond donors (Lipinski definition) is 0. The van der Waals surface area contributed by atoms with Crippen molar-refractivity contribution in [3.8, 4) is 0 Å². The average Bonchev–Trinajstić information content (AvgIpc) is 2.28. The summed E-state index contributed by atoms with van der Waals surface area (Å²) in [5.74, 6) is 1.44. The topological polar surface area (TPSA) is 35.5 Å². The zero-order chi connectivity index (χ0) is 11.3. The van der Waals surface area contributed by atoms with Gasteiger partial charge in [0, 0.05) is 20.0 Å². The van der Waals surface area contributed by atoms with Crippen molar-refractivity contribution >= 4 is 13.7 Å². The Balaban J connectivity index is 2.81. The highest BCUT2D eigenvalue weighted by atomic mass is 31.2. The van der Waals surface area contributed by atoms with Gasteiger partial charge in [0.25, 0.3) is 0 Å². The van der Waals surface area contributed by atoms with Gasteiger partial charge in [-0.15, -0.1) is 0 Å². The third-order valence-electron chi connectivity index (χ3n) is 1.94. The van der Waals surface area contributed by atoms with Gasteiger partial charge in [-0.05, 0) is 24.1 Å². The van der Waals surface area contributed by atoms with Crippen molar-refractivity contribution in [2.24, 2.45) is 0 Å². The van der Waals surface area contributed by atoms with Crippen LogP contribution in [0, 0.1) is 6.92 Å². The smallest absolute Gasteiger partial charge is 0.309 e. The molecule has 0 aromatic heterocycles. The van der Waals surface area contributed by atoms with E-state index in [0.717, 1.165) is 11.1 Å². The predicted octanol–water partition coefficient (Wildman–Crippen LogP) is 3.33. The van der Waals surface area contributed by atoms with Gasteiger partial charge in [-0.1, -0.05) is 24.3 Å². The maximum Gasteiger partial charge on any atom is 0.353 e. The van der Waals surface area contributed by atoms with E-state index in [2.05, 4.69) is 6.92 Å². The van der Waals surface area contributed by atoms with Crippen molar-refractivity contribution in [2.75, 3.05) is 14.2 Å². The minimum Gasteiger partial charge on any atom is -0.309 e. The van der Waals surface area contributed by atoms with Gasteiger partial charge in [-0.25, -0.2) is 0 Å². The highest BCUT2D eigenvalue weighted by Gasteiger charge is 2.15. The SMILES string of the molecule is [CH2]c1ccc(/C=C/P(=O)(OC)OC)cc1. The molecule has 1 aromatic carbocycles. The standard InChI is InChI=1S/C11H14O3P/c1-10-4-6-11(7-5-10)8-9-15(12,13-2)14-3/h4-9H,1H2,2-3H3/b9-8+. The third-order valence-corrected chi connectivity index (χ3v) is 3.47. The molecule has 1 radical (unpaired) electrons. The van der Waals surface area contributed by atoms with E-state index in [1.165, 1.54) is 20.0 Å². The molecule has 0 amide bonds. The largest absolute Gasteiger partial charge is 0.353 e. The molecular formula is C11H14O3P. The van der Waals surface area contributed by atoms with Crippen LogP contribution in [-0.4, -0.2) is 14.2 Å². The quantitative estimate of drug-likeness (QED) is 0.737. The lowest BCUT2D eigenvalue weighted by atomic mass is 10.2. The molecule has 0 aliphatic heterocycles. The number of benzene rings is 1. The van der Waals surface area contributed by atoms with E-state index >= 15 is 0 Å². The maximum absolute atomic E-state index is 11.6. The second-order valence-electron chi connectivity index (χ2n) is 2.96. The molecule has 0 aliphatic rings. The highest BCUT2D eigenvalue weighted by Crippen LogP contribution is 2.48. The van der Waals surface area contributed by atoms with E-state index in [0.29, 0.717) is 0 Å². The summed E-state index contributed by atoms with van der Waals surface area (Å²) < 4.78 is 21.2. The van der Waals surface area contributed by atoms with Crippen LogP contribution in [0.3, 0.4) is 0 Å². The summed E-state index contributed by atoms with van der Waals surface area (Å²) in [5.41, 5.74) is 1.87. The molecule has 0 unspecified atom stereocenters. The van der Waals surface area contributed by atoms with E-state index in [9.17, 15) is 4.57 Å². The second-order valence-corrected chi connectivity index (χ2v) is 5.07. The highest BCUT2D eigenvalue weighted by molar-refractivity contribution is 7.57. The zero-order valence-corrected chi connectivity index (χ0v) is 9.74. The second kappa shape index (κ2) is 5.26. The molecule has 0 fully saturated rings. The molecule has 1 aromatic rings. The van der Waals surface area contributed by atoms with Crippen molar-refractivity contribution in [1.29, 1.82) is 0 Å². The lowest BCUT2D eigenvalue weighted by Gasteiger charge is -2.07. The Bertz CT molecular complexity index is 373. The van der Waals surface area contributed by atoms with Crippen LogP contribution in [-0.2, 0) is 13.6 Å².